The smallest absolute Gasteiger partial charge is 0.273 e. The van der Waals surface area contributed by atoms with Gasteiger partial charge < -0.3 is 0 Å². The Balaban J connectivity index is 1.95. The lowest BCUT2D eigenvalue weighted by molar-refractivity contribution is -0.385. The van der Waals surface area contributed by atoms with E-state index in [1.54, 1.807) is 6.92 Å². The average molecular weight is 375 g/mol. The van der Waals surface area contributed by atoms with Crippen molar-refractivity contribution >= 4 is 40.3 Å². The molecule has 26 heavy (non-hydrogen) atoms. The highest BCUT2D eigenvalue weighted by Crippen LogP contribution is 2.19. The summed E-state index contributed by atoms with van der Waals surface area (Å²) >= 11 is 4.96. The third-order valence-corrected chi connectivity index (χ3v) is 3.50. The lowest BCUT2D eigenvalue weighted by Crippen LogP contribution is -2.41. The topological polar surface area (TPSA) is 139 Å². The third kappa shape index (κ3) is 4.70. The van der Waals surface area contributed by atoms with Gasteiger partial charge in [0, 0.05) is 29.3 Å². The van der Waals surface area contributed by atoms with Gasteiger partial charge in [0.25, 0.3) is 17.3 Å². The van der Waals surface area contributed by atoms with E-state index in [1.165, 1.54) is 36.4 Å². The van der Waals surface area contributed by atoms with E-state index in [1.807, 2.05) is 0 Å². The van der Waals surface area contributed by atoms with Crippen LogP contribution >= 0.6 is 12.2 Å². The average Bonchev–Trinajstić information content (AvgIpc) is 2.60. The molecule has 1 amide bonds. The molecule has 0 aliphatic rings. The van der Waals surface area contributed by atoms with E-state index in [-0.39, 0.29) is 22.1 Å². The minimum Gasteiger partial charge on any atom is -0.299 e. The first kappa shape index (κ1) is 18.7. The van der Waals surface area contributed by atoms with E-state index < -0.39 is 15.8 Å². The van der Waals surface area contributed by atoms with Crippen molar-refractivity contribution in [3.63, 3.8) is 0 Å². The minimum absolute atomic E-state index is 0.0626. The van der Waals surface area contributed by atoms with Gasteiger partial charge in [-0.2, -0.15) is 0 Å². The maximum Gasteiger partial charge on any atom is 0.273 e. The van der Waals surface area contributed by atoms with Gasteiger partial charge in [-0.1, -0.05) is 6.07 Å². The van der Waals surface area contributed by atoms with E-state index >= 15 is 0 Å². The molecule has 0 radical (unpaired) electrons. The van der Waals surface area contributed by atoms with Crippen molar-refractivity contribution < 1.29 is 14.6 Å². The Morgan fingerprint density at radius 3 is 2.27 bits per heavy atom. The molecule has 0 saturated heterocycles. The Bertz CT molecular complexity index is 884. The Labute approximate surface area is 152 Å². The number of nitrogens with zero attached hydrogens (tertiary/aromatic N) is 2. The monoisotopic (exact) mass is 375 g/mol. The molecule has 0 fully saturated rings. The van der Waals surface area contributed by atoms with Crippen LogP contribution in [0.25, 0.3) is 0 Å². The molecule has 0 bridgehead atoms. The lowest BCUT2D eigenvalue weighted by Gasteiger charge is -2.11. The maximum absolute atomic E-state index is 12.1. The molecular weight excluding hydrogens is 362 g/mol. The van der Waals surface area contributed by atoms with E-state index in [4.69, 9.17) is 12.2 Å². The normalized spacial score (nSPS) is 9.88. The van der Waals surface area contributed by atoms with Gasteiger partial charge in [-0.15, -0.1) is 0 Å². The van der Waals surface area contributed by atoms with Gasteiger partial charge in [0.15, 0.2) is 5.11 Å². The SMILES string of the molecule is Cc1ccc(C(=O)NC(=S)NNc2ccc([N+](=O)[O-])cc2)cc1[N+](=O)[O-]. The van der Waals surface area contributed by atoms with Crippen LogP contribution in [0.1, 0.15) is 15.9 Å². The highest BCUT2D eigenvalue weighted by Gasteiger charge is 2.15. The van der Waals surface area contributed by atoms with E-state index in [0.29, 0.717) is 11.3 Å². The number of rotatable bonds is 5. The van der Waals surface area contributed by atoms with E-state index in [2.05, 4.69) is 16.2 Å². The lowest BCUT2D eigenvalue weighted by atomic mass is 10.1. The molecule has 2 aromatic carbocycles. The maximum atomic E-state index is 12.1. The van der Waals surface area contributed by atoms with Gasteiger partial charge in [0.05, 0.1) is 15.5 Å². The summed E-state index contributed by atoms with van der Waals surface area (Å²) in [6.07, 6.45) is 0. The number of carbonyl (C=O) groups excluding carboxylic acids is 1. The molecule has 2 rings (SSSR count). The third-order valence-electron chi connectivity index (χ3n) is 3.29. The second-order valence-electron chi connectivity index (χ2n) is 5.10. The van der Waals surface area contributed by atoms with E-state index in [0.717, 1.165) is 6.07 Å². The number of non-ortho nitro benzene ring substituents is 1. The fourth-order valence-electron chi connectivity index (χ4n) is 1.95. The molecule has 0 aliphatic heterocycles. The van der Waals surface area contributed by atoms with Crippen molar-refractivity contribution in [1.82, 2.24) is 10.7 Å². The number of nitro benzene ring substituents is 2. The van der Waals surface area contributed by atoms with Crippen LogP contribution in [0.4, 0.5) is 17.1 Å². The van der Waals surface area contributed by atoms with Crippen molar-refractivity contribution in [2.24, 2.45) is 0 Å². The Morgan fingerprint density at radius 2 is 1.69 bits per heavy atom. The number of hydrazine groups is 1. The van der Waals surface area contributed by atoms with Gasteiger partial charge in [-0.05, 0) is 37.3 Å². The second-order valence-corrected chi connectivity index (χ2v) is 5.50. The molecule has 0 heterocycles. The number of aryl methyl sites for hydroxylation is 1. The van der Waals surface area contributed by atoms with Gasteiger partial charge in [-0.25, -0.2) is 0 Å². The molecule has 0 atom stereocenters. The number of nitro groups is 2. The first-order chi connectivity index (χ1) is 12.3. The van der Waals surface area contributed by atoms with Gasteiger partial charge in [-0.3, -0.25) is 41.2 Å². The van der Waals surface area contributed by atoms with Crippen LogP contribution in [0.5, 0.6) is 0 Å². The number of anilines is 1. The highest BCUT2D eigenvalue weighted by atomic mass is 32.1. The molecule has 0 saturated carbocycles. The summed E-state index contributed by atoms with van der Waals surface area (Å²) in [5.74, 6) is -0.615. The first-order valence-electron chi connectivity index (χ1n) is 7.15. The molecule has 134 valence electrons. The van der Waals surface area contributed by atoms with Crippen LogP contribution in [0.3, 0.4) is 0 Å². The highest BCUT2D eigenvalue weighted by molar-refractivity contribution is 7.80. The number of hydrogen-bond acceptors (Lipinski definition) is 7. The second kappa shape index (κ2) is 7.98. The molecule has 10 nitrogen and oxygen atoms in total. The summed E-state index contributed by atoms with van der Waals surface area (Å²) in [6.45, 7) is 1.57. The quantitative estimate of drug-likeness (QED) is 0.411. The fourth-order valence-corrected chi connectivity index (χ4v) is 2.09. The van der Waals surface area contributed by atoms with Crippen LogP contribution in [0, 0.1) is 27.2 Å². The minimum atomic E-state index is -0.615. The van der Waals surface area contributed by atoms with Crippen molar-refractivity contribution in [1.29, 1.82) is 0 Å². The van der Waals surface area contributed by atoms with Crippen LogP contribution in [0.15, 0.2) is 42.5 Å². The zero-order valence-corrected chi connectivity index (χ0v) is 14.2. The molecule has 0 aliphatic carbocycles. The molecule has 0 aromatic heterocycles. The number of carbonyl (C=O) groups is 1. The largest absolute Gasteiger partial charge is 0.299 e. The predicted octanol–water partition coefficient (Wildman–Crippen LogP) is 2.44. The van der Waals surface area contributed by atoms with Crippen LogP contribution in [-0.4, -0.2) is 20.9 Å². The predicted molar refractivity (Wildman–Crippen MR) is 97.8 cm³/mol. The van der Waals surface area contributed by atoms with Crippen molar-refractivity contribution in [3.8, 4) is 0 Å². The zero-order chi connectivity index (χ0) is 19.3. The van der Waals surface area contributed by atoms with Crippen molar-refractivity contribution in [2.75, 3.05) is 5.43 Å². The van der Waals surface area contributed by atoms with Crippen LogP contribution < -0.4 is 16.2 Å². The fraction of sp³-hybridized carbons (Fsp3) is 0.0667. The Hall–Kier alpha value is -3.60. The standard InChI is InChI=1S/C15H13N5O5S/c1-9-2-3-10(8-13(9)20(24)25)14(21)16-15(26)18-17-11-4-6-12(7-5-11)19(22)23/h2-8,17H,1H3,(H2,16,18,21,26). The van der Waals surface area contributed by atoms with E-state index in [9.17, 15) is 25.0 Å². The number of thiocarbonyl (C=S) groups is 1. The number of hydrogen-bond donors (Lipinski definition) is 3. The molecule has 2 aromatic rings. The molecule has 3 N–H and O–H groups in total. The summed E-state index contributed by atoms with van der Waals surface area (Å²) in [6, 6.07) is 9.60. The van der Waals surface area contributed by atoms with Crippen LogP contribution in [-0.2, 0) is 0 Å². The van der Waals surface area contributed by atoms with Gasteiger partial charge >= 0.3 is 0 Å². The Morgan fingerprint density at radius 1 is 1.04 bits per heavy atom. The summed E-state index contributed by atoms with van der Waals surface area (Å²) in [5.41, 5.74) is 5.99. The van der Waals surface area contributed by atoms with Crippen LogP contribution in [0.2, 0.25) is 0 Å². The van der Waals surface area contributed by atoms with Gasteiger partial charge in [0.1, 0.15) is 0 Å². The molecule has 0 unspecified atom stereocenters. The molecular formula is C15H13N5O5S. The summed E-state index contributed by atoms with van der Waals surface area (Å²) in [5, 5.41) is 23.8. The first-order valence-corrected chi connectivity index (χ1v) is 7.55. The number of amides is 1. The van der Waals surface area contributed by atoms with Crippen molar-refractivity contribution in [2.45, 2.75) is 6.92 Å². The zero-order valence-electron chi connectivity index (χ0n) is 13.4. The molecule has 11 heteroatoms. The summed E-state index contributed by atoms with van der Waals surface area (Å²) < 4.78 is 0. The number of benzene rings is 2. The summed E-state index contributed by atoms with van der Waals surface area (Å²) in [4.78, 5) is 32.5. The molecule has 0 spiro atoms. The Kier molecular flexibility index (Phi) is 5.75. The van der Waals surface area contributed by atoms with Crippen molar-refractivity contribution in [3.05, 3.63) is 73.8 Å². The summed E-state index contributed by atoms with van der Waals surface area (Å²) in [7, 11) is 0. The van der Waals surface area contributed by atoms with Gasteiger partial charge in [0.2, 0.25) is 0 Å². The number of nitrogens with one attached hydrogen (secondary N) is 3.